The Morgan fingerprint density at radius 1 is 1.12 bits per heavy atom. The number of benzene rings is 2. The molecule has 6 heteroatoms. The number of fused-ring (bicyclic) bond motifs is 1. The molecule has 0 atom stereocenters. The van der Waals surface area contributed by atoms with Gasteiger partial charge in [0.05, 0.1) is 0 Å². The number of hydrogen-bond acceptors (Lipinski definition) is 5. The predicted octanol–water partition coefficient (Wildman–Crippen LogP) is 3.82. The van der Waals surface area contributed by atoms with Crippen LogP contribution in [0.3, 0.4) is 0 Å². The van der Waals surface area contributed by atoms with Crippen LogP contribution in [-0.2, 0) is 6.54 Å². The first-order valence-corrected chi connectivity index (χ1v) is 9.26. The summed E-state index contributed by atoms with van der Waals surface area (Å²) < 4.78 is 11.1. The summed E-state index contributed by atoms with van der Waals surface area (Å²) in [5.74, 6) is 1.28. The van der Waals surface area contributed by atoms with Crippen molar-refractivity contribution < 1.29 is 14.3 Å². The number of aromatic nitrogens is 1. The molecule has 26 heavy (non-hydrogen) atoms. The van der Waals surface area contributed by atoms with Crippen molar-refractivity contribution in [3.05, 3.63) is 64.7 Å². The second kappa shape index (κ2) is 7.17. The van der Waals surface area contributed by atoms with Crippen molar-refractivity contribution in [1.82, 2.24) is 10.3 Å². The van der Waals surface area contributed by atoms with Crippen LogP contribution in [0.25, 0.3) is 10.6 Å². The van der Waals surface area contributed by atoms with Crippen LogP contribution in [-0.4, -0.2) is 24.1 Å². The van der Waals surface area contributed by atoms with Gasteiger partial charge in [-0.15, -0.1) is 11.3 Å². The number of thiazole rings is 1. The molecule has 0 unspecified atom stereocenters. The van der Waals surface area contributed by atoms with Gasteiger partial charge >= 0.3 is 0 Å². The lowest BCUT2D eigenvalue weighted by atomic mass is 10.2. The molecule has 1 aliphatic rings. The molecule has 2 heterocycles. The molecule has 1 N–H and O–H groups in total. The van der Waals surface area contributed by atoms with Crippen LogP contribution in [0.15, 0.2) is 47.8 Å². The van der Waals surface area contributed by atoms with Crippen molar-refractivity contribution in [1.29, 1.82) is 0 Å². The molecule has 0 spiro atoms. The van der Waals surface area contributed by atoms with Gasteiger partial charge in [-0.1, -0.05) is 35.9 Å². The maximum absolute atomic E-state index is 12.4. The Labute approximate surface area is 155 Å². The lowest BCUT2D eigenvalue weighted by Crippen LogP contribution is -2.23. The minimum atomic E-state index is -0.186. The first-order chi connectivity index (χ1) is 12.7. The van der Waals surface area contributed by atoms with Crippen molar-refractivity contribution in [3.8, 4) is 22.1 Å². The molecule has 0 bridgehead atoms. The van der Waals surface area contributed by atoms with E-state index in [0.717, 1.165) is 27.6 Å². The van der Waals surface area contributed by atoms with Crippen LogP contribution in [0.2, 0.25) is 0 Å². The van der Waals surface area contributed by atoms with Gasteiger partial charge in [-0.05, 0) is 24.6 Å². The van der Waals surface area contributed by atoms with E-state index in [-0.39, 0.29) is 5.91 Å². The summed E-state index contributed by atoms with van der Waals surface area (Å²) in [7, 11) is 0. The van der Waals surface area contributed by atoms with Gasteiger partial charge in [-0.3, -0.25) is 4.79 Å². The normalized spacial score (nSPS) is 12.7. The molecule has 0 saturated carbocycles. The molecule has 132 valence electrons. The van der Waals surface area contributed by atoms with Crippen LogP contribution in [0.5, 0.6) is 11.5 Å². The topological polar surface area (TPSA) is 60.5 Å². The highest BCUT2D eigenvalue weighted by molar-refractivity contribution is 7.13. The van der Waals surface area contributed by atoms with Crippen molar-refractivity contribution in [3.63, 3.8) is 0 Å². The van der Waals surface area contributed by atoms with E-state index in [2.05, 4.69) is 10.3 Å². The standard InChI is InChI=1S/C20H18N2O3S/c1-13-2-5-15(6-3-13)20-22-16(12-26-20)19(23)21-11-14-4-7-17-18(10-14)25-9-8-24-17/h2-7,10,12H,8-9,11H2,1H3,(H,21,23). The zero-order valence-electron chi connectivity index (χ0n) is 14.3. The third kappa shape index (κ3) is 3.55. The largest absolute Gasteiger partial charge is 0.486 e. The van der Waals surface area contributed by atoms with Gasteiger partial charge in [-0.25, -0.2) is 4.98 Å². The predicted molar refractivity (Wildman–Crippen MR) is 101 cm³/mol. The fourth-order valence-electron chi connectivity index (χ4n) is 2.68. The molecule has 3 aromatic rings. The maximum atomic E-state index is 12.4. The molecular weight excluding hydrogens is 348 g/mol. The highest BCUT2D eigenvalue weighted by Gasteiger charge is 2.14. The molecule has 2 aromatic carbocycles. The molecule has 0 aliphatic carbocycles. The molecular formula is C20H18N2O3S. The number of carbonyl (C=O) groups is 1. The van der Waals surface area contributed by atoms with E-state index in [9.17, 15) is 4.79 Å². The van der Waals surface area contributed by atoms with Crippen LogP contribution in [0, 0.1) is 6.92 Å². The van der Waals surface area contributed by atoms with Crippen LogP contribution in [0.4, 0.5) is 0 Å². The quantitative estimate of drug-likeness (QED) is 0.763. The van der Waals surface area contributed by atoms with Gasteiger partial charge in [0.15, 0.2) is 11.5 Å². The Kier molecular flexibility index (Phi) is 4.58. The van der Waals surface area contributed by atoms with E-state index in [4.69, 9.17) is 9.47 Å². The molecule has 0 radical (unpaired) electrons. The van der Waals surface area contributed by atoms with E-state index < -0.39 is 0 Å². The summed E-state index contributed by atoms with van der Waals surface area (Å²) in [5.41, 5.74) is 3.61. The monoisotopic (exact) mass is 366 g/mol. The third-order valence-corrected chi connectivity index (χ3v) is 4.99. The van der Waals surface area contributed by atoms with Gasteiger partial charge in [-0.2, -0.15) is 0 Å². The lowest BCUT2D eigenvalue weighted by molar-refractivity contribution is 0.0946. The minimum absolute atomic E-state index is 0.186. The number of amides is 1. The van der Waals surface area contributed by atoms with Gasteiger partial charge in [0, 0.05) is 17.5 Å². The first-order valence-electron chi connectivity index (χ1n) is 8.38. The van der Waals surface area contributed by atoms with Crippen molar-refractivity contribution in [2.75, 3.05) is 13.2 Å². The molecule has 1 amide bonds. The SMILES string of the molecule is Cc1ccc(-c2nc(C(=O)NCc3ccc4c(c3)OCCO4)cs2)cc1. The molecule has 0 fully saturated rings. The second-order valence-corrected chi connectivity index (χ2v) is 6.92. The maximum Gasteiger partial charge on any atom is 0.271 e. The number of rotatable bonds is 4. The molecule has 1 aliphatic heterocycles. The third-order valence-electron chi connectivity index (χ3n) is 4.09. The van der Waals surface area contributed by atoms with Gasteiger partial charge in [0.2, 0.25) is 0 Å². The first kappa shape index (κ1) is 16.6. The van der Waals surface area contributed by atoms with Crippen LogP contribution in [0.1, 0.15) is 21.6 Å². The van der Waals surface area contributed by atoms with Crippen LogP contribution < -0.4 is 14.8 Å². The number of aryl methyl sites for hydroxylation is 1. The Balaban J connectivity index is 1.41. The molecule has 1 aromatic heterocycles. The average molecular weight is 366 g/mol. The van der Waals surface area contributed by atoms with E-state index >= 15 is 0 Å². The number of nitrogens with zero attached hydrogens (tertiary/aromatic N) is 1. The Morgan fingerprint density at radius 3 is 2.69 bits per heavy atom. The Bertz CT molecular complexity index is 934. The summed E-state index contributed by atoms with van der Waals surface area (Å²) >= 11 is 1.47. The number of nitrogens with one attached hydrogen (secondary N) is 1. The van der Waals surface area contributed by atoms with E-state index in [1.807, 2.05) is 49.4 Å². The summed E-state index contributed by atoms with van der Waals surface area (Å²) in [5, 5.41) is 5.53. The summed E-state index contributed by atoms with van der Waals surface area (Å²) in [6.07, 6.45) is 0. The zero-order chi connectivity index (χ0) is 17.9. The molecule has 5 nitrogen and oxygen atoms in total. The number of hydrogen-bond donors (Lipinski definition) is 1. The van der Waals surface area contributed by atoms with Gasteiger partial charge < -0.3 is 14.8 Å². The Morgan fingerprint density at radius 2 is 1.88 bits per heavy atom. The zero-order valence-corrected chi connectivity index (χ0v) is 15.1. The average Bonchev–Trinajstić information content (AvgIpc) is 3.17. The van der Waals surface area contributed by atoms with Crippen LogP contribution >= 0.6 is 11.3 Å². The fourth-order valence-corrected chi connectivity index (χ4v) is 3.48. The molecule has 0 saturated heterocycles. The van der Waals surface area contributed by atoms with E-state index in [1.165, 1.54) is 16.9 Å². The van der Waals surface area contributed by atoms with Crippen molar-refractivity contribution in [2.45, 2.75) is 13.5 Å². The lowest BCUT2D eigenvalue weighted by Gasteiger charge is -2.18. The van der Waals surface area contributed by atoms with Gasteiger partial charge in [0.1, 0.15) is 23.9 Å². The Hall–Kier alpha value is -2.86. The van der Waals surface area contributed by atoms with Crippen molar-refractivity contribution >= 4 is 17.2 Å². The van der Waals surface area contributed by atoms with Gasteiger partial charge in [0.25, 0.3) is 5.91 Å². The smallest absolute Gasteiger partial charge is 0.271 e. The molecule has 4 rings (SSSR count). The number of carbonyl (C=O) groups excluding carboxylic acids is 1. The highest BCUT2D eigenvalue weighted by atomic mass is 32.1. The minimum Gasteiger partial charge on any atom is -0.486 e. The summed E-state index contributed by atoms with van der Waals surface area (Å²) in [6, 6.07) is 13.8. The fraction of sp³-hybridized carbons (Fsp3) is 0.200. The summed E-state index contributed by atoms with van der Waals surface area (Å²) in [4.78, 5) is 16.8. The highest BCUT2D eigenvalue weighted by Crippen LogP contribution is 2.30. The second-order valence-electron chi connectivity index (χ2n) is 6.06. The van der Waals surface area contributed by atoms with E-state index in [0.29, 0.717) is 25.5 Å². The summed E-state index contributed by atoms with van der Waals surface area (Å²) in [6.45, 7) is 3.56. The number of ether oxygens (including phenoxy) is 2. The van der Waals surface area contributed by atoms with E-state index in [1.54, 1.807) is 5.38 Å². The van der Waals surface area contributed by atoms with Crippen molar-refractivity contribution in [2.24, 2.45) is 0 Å².